The summed E-state index contributed by atoms with van der Waals surface area (Å²) in [6.07, 6.45) is 11.8. The molecule has 0 amide bonds. The van der Waals surface area contributed by atoms with Crippen LogP contribution in [-0.2, 0) is 0 Å². The van der Waals surface area contributed by atoms with E-state index in [0.717, 1.165) is 29.4 Å². The number of hydrogen-bond acceptors (Lipinski definition) is 0. The van der Waals surface area contributed by atoms with Crippen LogP contribution in [0.25, 0.3) is 0 Å². The van der Waals surface area contributed by atoms with Gasteiger partial charge in [-0.1, -0.05) is 77.4 Å². The van der Waals surface area contributed by atoms with E-state index >= 15 is 0 Å². The van der Waals surface area contributed by atoms with E-state index in [1.165, 1.54) is 51.4 Å². The molecule has 1 saturated carbocycles. The van der Waals surface area contributed by atoms with Crippen molar-refractivity contribution in [2.75, 3.05) is 0 Å². The second-order valence-corrected chi connectivity index (χ2v) is 7.87. The molecule has 1 aliphatic rings. The first-order valence-corrected chi connectivity index (χ1v) is 9.37. The summed E-state index contributed by atoms with van der Waals surface area (Å²) < 4.78 is 14.1. The first kappa shape index (κ1) is 19.5. The highest BCUT2D eigenvalue weighted by molar-refractivity contribution is 5.10. The van der Waals surface area contributed by atoms with E-state index < -0.39 is 6.17 Å². The molecule has 1 fully saturated rings. The van der Waals surface area contributed by atoms with Crippen molar-refractivity contribution < 1.29 is 4.39 Å². The van der Waals surface area contributed by atoms with E-state index in [9.17, 15) is 4.39 Å². The highest BCUT2D eigenvalue weighted by Crippen LogP contribution is 2.31. The quantitative estimate of drug-likeness (QED) is 0.372. The Morgan fingerprint density at radius 2 is 1.68 bits per heavy atom. The Labute approximate surface area is 138 Å². The molecule has 22 heavy (non-hydrogen) atoms. The van der Waals surface area contributed by atoms with Crippen LogP contribution in [0.4, 0.5) is 4.39 Å². The van der Waals surface area contributed by atoms with Crippen LogP contribution >= 0.6 is 0 Å². The summed E-state index contributed by atoms with van der Waals surface area (Å²) in [6.45, 7) is 14.2. The fraction of sp³-hybridized carbons (Fsp3) is 0.810. The molecule has 0 N–H and O–H groups in total. The summed E-state index contributed by atoms with van der Waals surface area (Å²) in [6, 6.07) is 0. The molecule has 0 aliphatic heterocycles. The van der Waals surface area contributed by atoms with Gasteiger partial charge >= 0.3 is 0 Å². The molecule has 0 aromatic heterocycles. The van der Waals surface area contributed by atoms with Crippen molar-refractivity contribution in [3.8, 4) is 0 Å². The van der Waals surface area contributed by atoms with Crippen LogP contribution < -0.4 is 0 Å². The van der Waals surface area contributed by atoms with E-state index in [2.05, 4.69) is 27.0 Å². The molecule has 0 saturated heterocycles. The van der Waals surface area contributed by atoms with Crippen molar-refractivity contribution in [1.29, 1.82) is 0 Å². The number of halogens is 1. The molecule has 1 aliphatic carbocycles. The number of alkyl halides is 1. The normalized spacial score (nSPS) is 20.4. The number of hydrogen-bond donors (Lipinski definition) is 0. The van der Waals surface area contributed by atoms with Crippen LogP contribution in [0, 0.1) is 17.8 Å². The largest absolute Gasteiger partial charge is 0.242 e. The van der Waals surface area contributed by atoms with Gasteiger partial charge in [-0.05, 0) is 36.7 Å². The lowest BCUT2D eigenvalue weighted by Crippen LogP contribution is -2.13. The highest BCUT2D eigenvalue weighted by atomic mass is 19.1. The van der Waals surface area contributed by atoms with Crippen molar-refractivity contribution in [2.45, 2.75) is 91.2 Å². The zero-order valence-corrected chi connectivity index (χ0v) is 15.2. The maximum absolute atomic E-state index is 14.1. The van der Waals surface area contributed by atoms with Gasteiger partial charge in [-0.15, -0.1) is 6.58 Å². The van der Waals surface area contributed by atoms with Crippen molar-refractivity contribution in [3.05, 3.63) is 24.3 Å². The molecule has 128 valence electrons. The van der Waals surface area contributed by atoms with Crippen LogP contribution in [0.1, 0.15) is 85.0 Å². The molecule has 0 aromatic rings. The molecule has 1 heteroatoms. The molecule has 0 nitrogen and oxygen atoms in total. The Balaban J connectivity index is 2.20. The zero-order chi connectivity index (χ0) is 16.5. The number of allylic oxidation sites excluding steroid dienone is 2. The van der Waals surface area contributed by atoms with E-state index in [1.807, 2.05) is 6.92 Å². The molecule has 1 rings (SSSR count). The molecule has 0 heterocycles. The van der Waals surface area contributed by atoms with Crippen molar-refractivity contribution >= 4 is 0 Å². The van der Waals surface area contributed by atoms with Gasteiger partial charge in [0.05, 0.1) is 0 Å². The fourth-order valence-corrected chi connectivity index (χ4v) is 3.61. The molecule has 0 radical (unpaired) electrons. The average Bonchev–Trinajstić information content (AvgIpc) is 2.50. The molecule has 3 atom stereocenters. The second kappa shape index (κ2) is 10.2. The molecular formula is C21H37F. The minimum absolute atomic E-state index is 0.284. The highest BCUT2D eigenvalue weighted by Gasteiger charge is 2.19. The van der Waals surface area contributed by atoms with Gasteiger partial charge < -0.3 is 0 Å². The van der Waals surface area contributed by atoms with E-state index in [1.54, 1.807) is 0 Å². The van der Waals surface area contributed by atoms with Crippen LogP contribution in [0.15, 0.2) is 24.3 Å². The van der Waals surface area contributed by atoms with Gasteiger partial charge in [0.25, 0.3) is 0 Å². The van der Waals surface area contributed by atoms with Crippen molar-refractivity contribution in [1.82, 2.24) is 0 Å². The maximum Gasteiger partial charge on any atom is 0.125 e. The third kappa shape index (κ3) is 7.61. The van der Waals surface area contributed by atoms with Crippen molar-refractivity contribution in [3.63, 3.8) is 0 Å². The summed E-state index contributed by atoms with van der Waals surface area (Å²) in [5.41, 5.74) is 1.67. The van der Waals surface area contributed by atoms with Gasteiger partial charge in [0.15, 0.2) is 0 Å². The topological polar surface area (TPSA) is 0 Å². The minimum Gasteiger partial charge on any atom is -0.242 e. The van der Waals surface area contributed by atoms with Gasteiger partial charge in [-0.2, -0.15) is 0 Å². The van der Waals surface area contributed by atoms with Crippen molar-refractivity contribution in [2.24, 2.45) is 17.8 Å². The van der Waals surface area contributed by atoms with E-state index in [0.29, 0.717) is 6.42 Å². The Hall–Kier alpha value is -0.590. The standard InChI is InChI=1S/C21H37F/c1-16(2)15-21(22)19(5)18(4)13-11-17(3)12-14-20-9-7-6-8-10-20/h17-18,20-21H,1,5-15H2,2-4H3. The Bertz CT molecular complexity index is 338. The summed E-state index contributed by atoms with van der Waals surface area (Å²) in [7, 11) is 0. The first-order valence-electron chi connectivity index (χ1n) is 9.37. The summed E-state index contributed by atoms with van der Waals surface area (Å²) in [4.78, 5) is 0. The average molecular weight is 309 g/mol. The van der Waals surface area contributed by atoms with Gasteiger partial charge in [0.1, 0.15) is 6.17 Å². The third-order valence-electron chi connectivity index (χ3n) is 5.45. The smallest absolute Gasteiger partial charge is 0.125 e. The first-order chi connectivity index (χ1) is 10.4. The zero-order valence-electron chi connectivity index (χ0n) is 15.2. The lowest BCUT2D eigenvalue weighted by Gasteiger charge is -2.24. The predicted octanol–water partition coefficient (Wildman–Crippen LogP) is 7.26. The number of rotatable bonds is 10. The predicted molar refractivity (Wildman–Crippen MR) is 96.8 cm³/mol. The lowest BCUT2D eigenvalue weighted by atomic mass is 9.82. The SMILES string of the molecule is C=C(C)CC(F)C(=C)C(C)CCC(C)CCC1CCCCC1. The second-order valence-electron chi connectivity index (χ2n) is 7.87. The maximum atomic E-state index is 14.1. The molecule has 3 unspecified atom stereocenters. The Morgan fingerprint density at radius 1 is 1.05 bits per heavy atom. The van der Waals surface area contributed by atoms with E-state index in [-0.39, 0.29) is 5.92 Å². The van der Waals surface area contributed by atoms with Gasteiger partial charge in [0, 0.05) is 6.42 Å². The summed E-state index contributed by atoms with van der Waals surface area (Å²) in [5, 5.41) is 0. The molecule has 0 aromatic carbocycles. The summed E-state index contributed by atoms with van der Waals surface area (Å²) >= 11 is 0. The molecule has 0 bridgehead atoms. The van der Waals surface area contributed by atoms with Crippen LogP contribution in [0.3, 0.4) is 0 Å². The lowest BCUT2D eigenvalue weighted by molar-refractivity contribution is 0.299. The van der Waals surface area contributed by atoms with Crippen LogP contribution in [0.2, 0.25) is 0 Å². The van der Waals surface area contributed by atoms with Gasteiger partial charge in [-0.25, -0.2) is 4.39 Å². The minimum atomic E-state index is -0.912. The Morgan fingerprint density at radius 3 is 2.27 bits per heavy atom. The molecular weight excluding hydrogens is 271 g/mol. The van der Waals surface area contributed by atoms with Crippen LogP contribution in [-0.4, -0.2) is 6.17 Å². The third-order valence-corrected chi connectivity index (χ3v) is 5.45. The molecule has 0 spiro atoms. The summed E-state index contributed by atoms with van der Waals surface area (Å²) in [5.74, 6) is 2.03. The van der Waals surface area contributed by atoms with Crippen LogP contribution in [0.5, 0.6) is 0 Å². The van der Waals surface area contributed by atoms with E-state index in [4.69, 9.17) is 0 Å². The van der Waals surface area contributed by atoms with Gasteiger partial charge in [-0.3, -0.25) is 0 Å². The Kier molecular flexibility index (Phi) is 9.05. The fourth-order valence-electron chi connectivity index (χ4n) is 3.61. The monoisotopic (exact) mass is 308 g/mol. The van der Waals surface area contributed by atoms with Gasteiger partial charge in [0.2, 0.25) is 0 Å².